The third-order valence-corrected chi connectivity index (χ3v) is 6.44. The van der Waals surface area contributed by atoms with E-state index in [2.05, 4.69) is 0 Å². The number of halogens is 2. The van der Waals surface area contributed by atoms with Crippen molar-refractivity contribution in [2.24, 2.45) is 5.41 Å². The van der Waals surface area contributed by atoms with Gasteiger partial charge in [0.2, 0.25) is 5.91 Å². The largest absolute Gasteiger partial charge is 0.308 e. The number of amides is 1. The predicted octanol–water partition coefficient (Wildman–Crippen LogP) is 5.75. The fraction of sp³-hybridized carbons (Fsp3) is 0.381. The Balaban J connectivity index is 2.35. The SMILES string of the molecule is CC(C)N(C(=O)C(C)(C)C)c1ccc(CS(=O)(=O)c2ccc(Cl)cc2)cc1Cl. The van der Waals surface area contributed by atoms with Crippen molar-refractivity contribution in [3.05, 3.63) is 58.1 Å². The summed E-state index contributed by atoms with van der Waals surface area (Å²) in [5.41, 5.74) is 0.560. The van der Waals surface area contributed by atoms with Crippen molar-refractivity contribution < 1.29 is 13.2 Å². The highest BCUT2D eigenvalue weighted by Gasteiger charge is 2.31. The second-order valence-electron chi connectivity index (χ2n) is 8.02. The molecule has 28 heavy (non-hydrogen) atoms. The van der Waals surface area contributed by atoms with Crippen LogP contribution in [0.4, 0.5) is 5.69 Å². The van der Waals surface area contributed by atoms with Crippen LogP contribution in [0.3, 0.4) is 0 Å². The zero-order valence-electron chi connectivity index (χ0n) is 16.7. The van der Waals surface area contributed by atoms with Crippen LogP contribution < -0.4 is 4.90 Å². The molecule has 0 unspecified atom stereocenters. The van der Waals surface area contributed by atoms with E-state index in [0.717, 1.165) is 0 Å². The van der Waals surface area contributed by atoms with Gasteiger partial charge in [0.1, 0.15) is 0 Å². The lowest BCUT2D eigenvalue weighted by molar-refractivity contribution is -0.126. The number of hydrogen-bond acceptors (Lipinski definition) is 3. The monoisotopic (exact) mass is 441 g/mol. The van der Waals surface area contributed by atoms with Crippen LogP contribution in [0.25, 0.3) is 0 Å². The van der Waals surface area contributed by atoms with Crippen molar-refractivity contribution in [1.82, 2.24) is 0 Å². The maximum Gasteiger partial charge on any atom is 0.232 e. The van der Waals surface area contributed by atoms with E-state index in [-0.39, 0.29) is 22.6 Å². The summed E-state index contributed by atoms with van der Waals surface area (Å²) in [5.74, 6) is -0.241. The summed E-state index contributed by atoms with van der Waals surface area (Å²) in [7, 11) is -3.53. The molecule has 0 aliphatic heterocycles. The van der Waals surface area contributed by atoms with E-state index >= 15 is 0 Å². The van der Waals surface area contributed by atoms with Crippen molar-refractivity contribution >= 4 is 44.6 Å². The van der Waals surface area contributed by atoms with E-state index in [1.165, 1.54) is 12.1 Å². The van der Waals surface area contributed by atoms with Gasteiger partial charge in [0.05, 0.1) is 21.4 Å². The van der Waals surface area contributed by atoms with Gasteiger partial charge >= 0.3 is 0 Å². The van der Waals surface area contributed by atoms with Gasteiger partial charge in [-0.1, -0.05) is 50.0 Å². The van der Waals surface area contributed by atoms with E-state index in [1.807, 2.05) is 34.6 Å². The molecule has 2 rings (SSSR count). The lowest BCUT2D eigenvalue weighted by atomic mass is 9.93. The zero-order chi connectivity index (χ0) is 21.3. The highest BCUT2D eigenvalue weighted by atomic mass is 35.5. The number of hydrogen-bond donors (Lipinski definition) is 0. The molecule has 4 nitrogen and oxygen atoms in total. The first-order valence-electron chi connectivity index (χ1n) is 8.93. The minimum Gasteiger partial charge on any atom is -0.308 e. The molecule has 0 bridgehead atoms. The number of sulfone groups is 1. The van der Waals surface area contributed by atoms with E-state index in [0.29, 0.717) is 21.3 Å². The quantitative estimate of drug-likeness (QED) is 0.592. The van der Waals surface area contributed by atoms with Gasteiger partial charge < -0.3 is 4.90 Å². The van der Waals surface area contributed by atoms with Crippen molar-refractivity contribution in [3.63, 3.8) is 0 Å². The average Bonchev–Trinajstić information content (AvgIpc) is 2.56. The van der Waals surface area contributed by atoms with Crippen molar-refractivity contribution in [3.8, 4) is 0 Å². The molecule has 0 aromatic heterocycles. The van der Waals surface area contributed by atoms with E-state index in [9.17, 15) is 13.2 Å². The van der Waals surface area contributed by atoms with E-state index in [4.69, 9.17) is 23.2 Å². The number of nitrogens with zero attached hydrogens (tertiary/aromatic N) is 1. The fourth-order valence-corrected chi connectivity index (χ4v) is 4.52. The summed E-state index contributed by atoms with van der Waals surface area (Å²) < 4.78 is 25.3. The molecule has 152 valence electrons. The predicted molar refractivity (Wildman–Crippen MR) is 116 cm³/mol. The molecule has 2 aromatic rings. The average molecular weight is 442 g/mol. The van der Waals surface area contributed by atoms with Crippen molar-refractivity contribution in [2.75, 3.05) is 4.90 Å². The standard InChI is InChI=1S/C21H25Cl2NO3S/c1-14(2)24(20(25)21(3,4)5)19-11-6-15(12-18(19)23)13-28(26,27)17-9-7-16(22)8-10-17/h6-12,14H,13H2,1-5H3. The van der Waals surface area contributed by atoms with Crippen molar-refractivity contribution in [1.29, 1.82) is 0 Å². The molecular weight excluding hydrogens is 417 g/mol. The second kappa shape index (κ2) is 8.44. The van der Waals surface area contributed by atoms with Crippen molar-refractivity contribution in [2.45, 2.75) is 51.3 Å². The zero-order valence-corrected chi connectivity index (χ0v) is 19.0. The molecule has 0 N–H and O–H groups in total. The van der Waals surface area contributed by atoms with Crippen LogP contribution in [-0.4, -0.2) is 20.4 Å². The first-order chi connectivity index (χ1) is 12.8. The Hall–Kier alpha value is -1.56. The molecule has 0 aliphatic carbocycles. The number of anilines is 1. The Bertz CT molecular complexity index is 962. The molecule has 0 atom stereocenters. The van der Waals surface area contributed by atoms with Gasteiger partial charge in [-0.2, -0.15) is 0 Å². The molecule has 0 saturated heterocycles. The number of benzene rings is 2. The fourth-order valence-electron chi connectivity index (χ4n) is 2.76. The number of carbonyl (C=O) groups is 1. The summed E-state index contributed by atoms with van der Waals surface area (Å²) in [4.78, 5) is 14.7. The lowest BCUT2D eigenvalue weighted by Crippen LogP contribution is -2.44. The number of rotatable bonds is 5. The molecule has 1 amide bonds. The molecule has 0 spiro atoms. The van der Waals surface area contributed by atoms with E-state index in [1.54, 1.807) is 35.2 Å². The maximum absolute atomic E-state index is 12.8. The minimum atomic E-state index is -3.53. The van der Waals surface area contributed by atoms with Gasteiger partial charge in [-0.3, -0.25) is 4.79 Å². The third-order valence-electron chi connectivity index (χ3n) is 4.18. The van der Waals surface area contributed by atoms with Gasteiger partial charge in [-0.15, -0.1) is 0 Å². The molecule has 7 heteroatoms. The Morgan fingerprint density at radius 3 is 2.07 bits per heavy atom. The van der Waals surface area contributed by atoms with Crippen LogP contribution in [0.1, 0.15) is 40.2 Å². The molecule has 0 radical (unpaired) electrons. The van der Waals surface area contributed by atoms with Gasteiger partial charge in [0, 0.05) is 16.5 Å². The Morgan fingerprint density at radius 2 is 1.61 bits per heavy atom. The summed E-state index contributed by atoms with van der Waals surface area (Å²) in [6, 6.07) is 11.0. The van der Waals surface area contributed by atoms with Crippen LogP contribution in [0, 0.1) is 5.41 Å². The molecule has 0 saturated carbocycles. The maximum atomic E-state index is 12.8. The normalized spacial score (nSPS) is 12.3. The van der Waals surface area contributed by atoms with Crippen LogP contribution in [-0.2, 0) is 20.4 Å². The Kier molecular flexibility index (Phi) is 6.85. The topological polar surface area (TPSA) is 54.5 Å². The summed E-state index contributed by atoms with van der Waals surface area (Å²) in [5, 5.41) is 0.818. The first-order valence-corrected chi connectivity index (χ1v) is 11.3. The number of carbonyl (C=O) groups excluding carboxylic acids is 1. The summed E-state index contributed by atoms with van der Waals surface area (Å²) in [6.45, 7) is 9.39. The van der Waals surface area contributed by atoms with Crippen LogP contribution >= 0.6 is 23.2 Å². The molecule has 0 fully saturated rings. The molecular formula is C21H25Cl2NO3S. The second-order valence-corrected chi connectivity index (χ2v) is 10.9. The smallest absolute Gasteiger partial charge is 0.232 e. The highest BCUT2D eigenvalue weighted by molar-refractivity contribution is 7.90. The van der Waals surface area contributed by atoms with Gasteiger partial charge in [-0.25, -0.2) is 8.42 Å². The highest BCUT2D eigenvalue weighted by Crippen LogP contribution is 2.33. The molecule has 0 aliphatic rings. The summed E-state index contributed by atoms with van der Waals surface area (Å²) >= 11 is 12.3. The summed E-state index contributed by atoms with van der Waals surface area (Å²) in [6.07, 6.45) is 0. The van der Waals surface area contributed by atoms with Gasteiger partial charge in [-0.05, 0) is 55.8 Å². The molecule has 0 heterocycles. The van der Waals surface area contributed by atoms with Crippen LogP contribution in [0.5, 0.6) is 0 Å². The molecule has 2 aromatic carbocycles. The van der Waals surface area contributed by atoms with Gasteiger partial charge in [0.25, 0.3) is 0 Å². The lowest BCUT2D eigenvalue weighted by Gasteiger charge is -2.33. The van der Waals surface area contributed by atoms with Gasteiger partial charge in [0.15, 0.2) is 9.84 Å². The third kappa shape index (κ3) is 5.28. The minimum absolute atomic E-state index is 0.0501. The van der Waals surface area contributed by atoms with Crippen LogP contribution in [0.15, 0.2) is 47.4 Å². The van der Waals surface area contributed by atoms with E-state index < -0.39 is 15.3 Å². The van der Waals surface area contributed by atoms with Crippen LogP contribution in [0.2, 0.25) is 10.0 Å². The first kappa shape index (κ1) is 22.7. The Morgan fingerprint density at radius 1 is 1.04 bits per heavy atom. The Labute approximate surface area is 177 Å².